The molecule has 1 aromatic rings. The lowest BCUT2D eigenvalue weighted by Crippen LogP contribution is -2.18. The summed E-state index contributed by atoms with van der Waals surface area (Å²) in [7, 11) is 1.25. The zero-order chi connectivity index (χ0) is 12.6. The van der Waals surface area contributed by atoms with E-state index in [-0.39, 0.29) is 16.0 Å². The van der Waals surface area contributed by atoms with Crippen LogP contribution in [0.4, 0.5) is 8.78 Å². The van der Waals surface area contributed by atoms with Crippen molar-refractivity contribution in [3.8, 4) is 0 Å². The molecule has 1 fully saturated rings. The highest BCUT2D eigenvalue weighted by Crippen LogP contribution is 2.44. The van der Waals surface area contributed by atoms with Gasteiger partial charge >= 0.3 is 5.97 Å². The van der Waals surface area contributed by atoms with E-state index in [9.17, 15) is 13.6 Å². The summed E-state index contributed by atoms with van der Waals surface area (Å²) in [6, 6.07) is 2.84. The third-order valence-electron chi connectivity index (χ3n) is 2.95. The second-order valence-electron chi connectivity index (χ2n) is 4.10. The fraction of sp³-hybridized carbons (Fsp3) is 0.417. The number of carbonyl (C=O) groups is 1. The van der Waals surface area contributed by atoms with Gasteiger partial charge in [0.05, 0.1) is 17.5 Å². The molecule has 1 aliphatic carbocycles. The van der Waals surface area contributed by atoms with Crippen LogP contribution in [0.1, 0.15) is 24.3 Å². The molecule has 0 bridgehead atoms. The van der Waals surface area contributed by atoms with Gasteiger partial charge in [-0.25, -0.2) is 8.78 Å². The third kappa shape index (κ3) is 2.34. The van der Waals surface area contributed by atoms with Crippen molar-refractivity contribution in [3.05, 3.63) is 33.8 Å². The first-order valence-electron chi connectivity index (χ1n) is 5.27. The van der Waals surface area contributed by atoms with E-state index in [4.69, 9.17) is 0 Å². The Kier molecular flexibility index (Phi) is 3.47. The molecule has 5 heteroatoms. The molecule has 1 aliphatic rings. The molecule has 1 unspecified atom stereocenters. The molecular weight excluding hydrogens is 294 g/mol. The Bertz CT molecular complexity index is 458. The molecule has 1 atom stereocenters. The topological polar surface area (TPSA) is 26.3 Å². The van der Waals surface area contributed by atoms with Crippen molar-refractivity contribution in [3.63, 3.8) is 0 Å². The summed E-state index contributed by atoms with van der Waals surface area (Å²) in [5, 5.41) is 0. The Balaban J connectivity index is 2.43. The van der Waals surface area contributed by atoms with Crippen LogP contribution in [0.3, 0.4) is 0 Å². The van der Waals surface area contributed by atoms with Crippen LogP contribution in [-0.4, -0.2) is 13.1 Å². The number of hydrogen-bond acceptors (Lipinski definition) is 2. The minimum absolute atomic E-state index is 0.0539. The molecule has 2 nitrogen and oxygen atoms in total. The van der Waals surface area contributed by atoms with E-state index in [2.05, 4.69) is 20.7 Å². The lowest BCUT2D eigenvalue weighted by Gasteiger charge is -2.15. The van der Waals surface area contributed by atoms with Gasteiger partial charge in [-0.2, -0.15) is 0 Å². The molecule has 0 aromatic heterocycles. The first kappa shape index (κ1) is 12.5. The van der Waals surface area contributed by atoms with Crippen molar-refractivity contribution >= 4 is 21.9 Å². The maximum atomic E-state index is 13.8. The fourth-order valence-electron chi connectivity index (χ4n) is 1.91. The van der Waals surface area contributed by atoms with Gasteiger partial charge in [-0.3, -0.25) is 4.79 Å². The Hall–Kier alpha value is -0.970. The van der Waals surface area contributed by atoms with Crippen molar-refractivity contribution < 1.29 is 18.3 Å². The highest BCUT2D eigenvalue weighted by atomic mass is 79.9. The van der Waals surface area contributed by atoms with Crippen LogP contribution in [0, 0.1) is 17.6 Å². The molecule has 0 spiro atoms. The van der Waals surface area contributed by atoms with E-state index in [1.807, 2.05) is 0 Å². The van der Waals surface area contributed by atoms with Gasteiger partial charge in [0, 0.05) is 5.56 Å². The van der Waals surface area contributed by atoms with Crippen LogP contribution in [0.15, 0.2) is 16.6 Å². The van der Waals surface area contributed by atoms with Crippen LogP contribution in [0.5, 0.6) is 0 Å². The first-order valence-corrected chi connectivity index (χ1v) is 6.06. The van der Waals surface area contributed by atoms with Gasteiger partial charge in [0.25, 0.3) is 0 Å². The second kappa shape index (κ2) is 4.72. The fourth-order valence-corrected chi connectivity index (χ4v) is 2.22. The molecule has 1 aromatic carbocycles. The van der Waals surface area contributed by atoms with E-state index in [1.54, 1.807) is 0 Å². The minimum Gasteiger partial charge on any atom is -0.469 e. The van der Waals surface area contributed by atoms with Gasteiger partial charge in [0.2, 0.25) is 0 Å². The quantitative estimate of drug-likeness (QED) is 0.632. The molecule has 0 saturated heterocycles. The lowest BCUT2D eigenvalue weighted by molar-refractivity contribution is -0.143. The maximum absolute atomic E-state index is 13.8. The Morgan fingerprint density at radius 2 is 2.06 bits per heavy atom. The molecule has 1 saturated carbocycles. The number of methoxy groups -OCH3 is 1. The van der Waals surface area contributed by atoms with E-state index in [1.165, 1.54) is 19.2 Å². The van der Waals surface area contributed by atoms with Crippen molar-refractivity contribution in [1.29, 1.82) is 0 Å². The van der Waals surface area contributed by atoms with Crippen molar-refractivity contribution in [1.82, 2.24) is 0 Å². The monoisotopic (exact) mass is 304 g/mol. The number of rotatable bonds is 3. The SMILES string of the molecule is COC(=O)C(c1ccc(Br)c(F)c1F)C1CC1. The van der Waals surface area contributed by atoms with Crippen LogP contribution in [0.2, 0.25) is 0 Å². The molecule has 0 amide bonds. The van der Waals surface area contributed by atoms with Crippen molar-refractivity contribution in [2.75, 3.05) is 7.11 Å². The number of benzene rings is 1. The molecule has 0 aliphatic heterocycles. The van der Waals surface area contributed by atoms with Crippen molar-refractivity contribution in [2.45, 2.75) is 18.8 Å². The summed E-state index contributed by atoms with van der Waals surface area (Å²) in [6.45, 7) is 0. The summed E-state index contributed by atoms with van der Waals surface area (Å²) in [5.41, 5.74) is 0.0834. The average Bonchev–Trinajstić information content (AvgIpc) is 3.13. The smallest absolute Gasteiger partial charge is 0.313 e. The molecule has 0 N–H and O–H groups in total. The summed E-state index contributed by atoms with van der Waals surface area (Å²) < 4.78 is 31.9. The van der Waals surface area contributed by atoms with Crippen molar-refractivity contribution in [2.24, 2.45) is 5.92 Å². The average molecular weight is 305 g/mol. The molecule has 0 heterocycles. The zero-order valence-corrected chi connectivity index (χ0v) is 10.8. The van der Waals surface area contributed by atoms with E-state index >= 15 is 0 Å². The number of hydrogen-bond donors (Lipinski definition) is 0. The minimum atomic E-state index is -0.971. The van der Waals surface area contributed by atoms with E-state index < -0.39 is 23.5 Å². The summed E-state index contributed by atoms with van der Waals surface area (Å²) in [5.74, 6) is -3.06. The van der Waals surface area contributed by atoms with Gasteiger partial charge in [-0.1, -0.05) is 6.07 Å². The summed E-state index contributed by atoms with van der Waals surface area (Å²) in [6.07, 6.45) is 1.69. The predicted molar refractivity (Wildman–Crippen MR) is 61.5 cm³/mol. The first-order chi connectivity index (χ1) is 8.06. The molecular formula is C12H11BrF2O2. The molecule has 2 rings (SSSR count). The Labute approximate surface area is 106 Å². The number of carbonyl (C=O) groups excluding carboxylic acids is 1. The van der Waals surface area contributed by atoms with E-state index in [0.29, 0.717) is 0 Å². The van der Waals surface area contributed by atoms with Crippen LogP contribution < -0.4 is 0 Å². The Morgan fingerprint density at radius 1 is 1.41 bits per heavy atom. The Morgan fingerprint density at radius 3 is 2.59 bits per heavy atom. The van der Waals surface area contributed by atoms with Gasteiger partial charge in [-0.15, -0.1) is 0 Å². The van der Waals surface area contributed by atoms with Crippen LogP contribution >= 0.6 is 15.9 Å². The maximum Gasteiger partial charge on any atom is 0.313 e. The highest BCUT2D eigenvalue weighted by Gasteiger charge is 2.40. The standard InChI is InChI=1S/C12H11BrF2O2/c1-17-12(16)9(6-2-3-6)7-4-5-8(13)11(15)10(7)14/h4-6,9H,2-3H2,1H3. The number of ether oxygens (including phenoxy) is 1. The van der Waals surface area contributed by atoms with Gasteiger partial charge in [-0.05, 0) is 40.8 Å². The lowest BCUT2D eigenvalue weighted by atomic mass is 9.93. The van der Waals surface area contributed by atoms with Gasteiger partial charge < -0.3 is 4.74 Å². The zero-order valence-electron chi connectivity index (χ0n) is 9.17. The third-order valence-corrected chi connectivity index (χ3v) is 3.56. The number of esters is 1. The highest BCUT2D eigenvalue weighted by molar-refractivity contribution is 9.10. The van der Waals surface area contributed by atoms with Gasteiger partial charge in [0.15, 0.2) is 11.6 Å². The van der Waals surface area contributed by atoms with Crippen LogP contribution in [-0.2, 0) is 9.53 Å². The summed E-state index contributed by atoms with van der Waals surface area (Å²) in [4.78, 5) is 11.6. The second-order valence-corrected chi connectivity index (χ2v) is 4.96. The molecule has 17 heavy (non-hydrogen) atoms. The van der Waals surface area contributed by atoms with E-state index in [0.717, 1.165) is 12.8 Å². The number of halogens is 3. The summed E-state index contributed by atoms with van der Waals surface area (Å²) >= 11 is 2.90. The van der Waals surface area contributed by atoms with Crippen LogP contribution in [0.25, 0.3) is 0 Å². The van der Waals surface area contributed by atoms with Gasteiger partial charge in [0.1, 0.15) is 0 Å². The normalized spacial score (nSPS) is 16.7. The largest absolute Gasteiger partial charge is 0.469 e. The predicted octanol–water partition coefficient (Wildman–Crippen LogP) is 3.39. The molecule has 92 valence electrons. The molecule has 0 radical (unpaired) electrons.